The van der Waals surface area contributed by atoms with Crippen LogP contribution in [0.4, 0.5) is 5.82 Å². The fourth-order valence-corrected chi connectivity index (χ4v) is 2.95. The zero-order valence-corrected chi connectivity index (χ0v) is 12.8. The van der Waals surface area contributed by atoms with Crippen LogP contribution in [0.5, 0.6) is 0 Å². The van der Waals surface area contributed by atoms with Crippen LogP contribution in [0.2, 0.25) is 0 Å². The van der Waals surface area contributed by atoms with E-state index in [4.69, 9.17) is 4.84 Å². The fraction of sp³-hybridized carbons (Fsp3) is 0.600. The maximum absolute atomic E-state index is 12.0. The summed E-state index contributed by atoms with van der Waals surface area (Å²) in [6.07, 6.45) is 8.45. The van der Waals surface area contributed by atoms with Crippen molar-refractivity contribution in [1.29, 1.82) is 0 Å². The normalized spacial score (nSPS) is 24.0. The van der Waals surface area contributed by atoms with E-state index in [9.17, 15) is 4.79 Å². The predicted octanol–water partition coefficient (Wildman–Crippen LogP) is 1.12. The molecule has 1 amide bonds. The number of carbonyl (C=O) groups is 1. The van der Waals surface area contributed by atoms with Crippen molar-refractivity contribution < 1.29 is 9.63 Å². The highest BCUT2D eigenvalue weighted by Crippen LogP contribution is 2.34. The second-order valence-corrected chi connectivity index (χ2v) is 5.83. The molecule has 118 valence electrons. The number of piperidine rings is 1. The molecule has 0 radical (unpaired) electrons. The van der Waals surface area contributed by atoms with Gasteiger partial charge in [-0.3, -0.25) is 9.78 Å². The summed E-state index contributed by atoms with van der Waals surface area (Å²) in [6, 6.07) is 0. The third-order valence-corrected chi connectivity index (χ3v) is 4.05. The Bertz CT molecular complexity index is 562. The third-order valence-electron chi connectivity index (χ3n) is 4.05. The zero-order valence-electron chi connectivity index (χ0n) is 12.8. The Morgan fingerprint density at radius 1 is 1.50 bits per heavy atom. The molecule has 7 heteroatoms. The minimum atomic E-state index is -0.408. The molecule has 2 aliphatic heterocycles. The minimum Gasteiger partial charge on any atom is -0.386 e. The van der Waals surface area contributed by atoms with E-state index in [0.717, 1.165) is 31.6 Å². The van der Waals surface area contributed by atoms with Crippen molar-refractivity contribution in [2.45, 2.75) is 38.2 Å². The largest absolute Gasteiger partial charge is 0.386 e. The van der Waals surface area contributed by atoms with Crippen molar-refractivity contribution in [3.05, 3.63) is 18.6 Å². The van der Waals surface area contributed by atoms with Gasteiger partial charge in [-0.25, -0.2) is 4.98 Å². The molecule has 1 fully saturated rings. The number of oxime groups is 1. The molecule has 1 saturated heterocycles. The van der Waals surface area contributed by atoms with E-state index in [1.165, 1.54) is 0 Å². The van der Waals surface area contributed by atoms with Gasteiger partial charge in [0.2, 0.25) is 0 Å². The summed E-state index contributed by atoms with van der Waals surface area (Å²) in [7, 11) is 0. The van der Waals surface area contributed by atoms with Crippen LogP contribution in [-0.4, -0.2) is 46.8 Å². The number of rotatable bonds is 4. The number of nitrogens with one attached hydrogen (secondary N) is 1. The molecule has 1 atom stereocenters. The van der Waals surface area contributed by atoms with Crippen LogP contribution >= 0.6 is 0 Å². The lowest BCUT2D eigenvalue weighted by atomic mass is 9.88. The van der Waals surface area contributed by atoms with E-state index in [0.29, 0.717) is 25.2 Å². The number of nitrogens with zero attached hydrogens (tertiary/aromatic N) is 4. The van der Waals surface area contributed by atoms with E-state index < -0.39 is 5.60 Å². The molecule has 0 unspecified atom stereocenters. The zero-order chi connectivity index (χ0) is 15.4. The van der Waals surface area contributed by atoms with E-state index in [1.807, 2.05) is 6.92 Å². The Hall–Kier alpha value is -2.18. The molecule has 0 saturated carbocycles. The van der Waals surface area contributed by atoms with Gasteiger partial charge < -0.3 is 15.1 Å². The van der Waals surface area contributed by atoms with Crippen LogP contribution < -0.4 is 10.2 Å². The van der Waals surface area contributed by atoms with Crippen molar-refractivity contribution in [3.8, 4) is 0 Å². The molecular formula is C15H21N5O2. The number of hydrogen-bond acceptors (Lipinski definition) is 6. The van der Waals surface area contributed by atoms with Gasteiger partial charge >= 0.3 is 0 Å². The lowest BCUT2D eigenvalue weighted by molar-refractivity contribution is -0.114. The van der Waals surface area contributed by atoms with Gasteiger partial charge in [0.25, 0.3) is 5.91 Å². The molecule has 0 aromatic carbocycles. The third kappa shape index (κ3) is 3.03. The lowest BCUT2D eigenvalue weighted by Crippen LogP contribution is -2.49. The van der Waals surface area contributed by atoms with Crippen molar-refractivity contribution >= 4 is 17.4 Å². The highest BCUT2D eigenvalue weighted by molar-refractivity contribution is 6.39. The Labute approximate surface area is 129 Å². The van der Waals surface area contributed by atoms with E-state index in [2.05, 4.69) is 25.3 Å². The van der Waals surface area contributed by atoms with Crippen LogP contribution in [0.3, 0.4) is 0 Å². The Kier molecular flexibility index (Phi) is 4.22. The first kappa shape index (κ1) is 14.7. The monoisotopic (exact) mass is 303 g/mol. The standard InChI is InChI=1S/C15H21N5O2/c1-2-5-18-14(21)12-9-15(22-19-12)4-3-8-20(11-15)13-10-16-6-7-17-13/h6-7,10H,2-5,8-9,11H2,1H3,(H,18,21)/t15-/m1/s1. The van der Waals surface area contributed by atoms with Crippen molar-refractivity contribution in [3.63, 3.8) is 0 Å². The quantitative estimate of drug-likeness (QED) is 0.901. The number of anilines is 1. The van der Waals surface area contributed by atoms with Gasteiger partial charge in [-0.15, -0.1) is 0 Å². The molecule has 7 nitrogen and oxygen atoms in total. The molecule has 1 aromatic heterocycles. The number of amides is 1. The van der Waals surface area contributed by atoms with Crippen LogP contribution in [-0.2, 0) is 9.63 Å². The van der Waals surface area contributed by atoms with Gasteiger partial charge in [-0.2, -0.15) is 0 Å². The number of carbonyl (C=O) groups excluding carboxylic acids is 1. The van der Waals surface area contributed by atoms with Crippen LogP contribution in [0.1, 0.15) is 32.6 Å². The fourth-order valence-electron chi connectivity index (χ4n) is 2.95. The van der Waals surface area contributed by atoms with Crippen LogP contribution in [0, 0.1) is 0 Å². The maximum Gasteiger partial charge on any atom is 0.269 e. The van der Waals surface area contributed by atoms with E-state index in [1.54, 1.807) is 18.6 Å². The molecule has 3 heterocycles. The molecular weight excluding hydrogens is 282 g/mol. The molecule has 1 aromatic rings. The first-order valence-electron chi connectivity index (χ1n) is 7.77. The summed E-state index contributed by atoms with van der Waals surface area (Å²) in [6.45, 7) is 4.28. The minimum absolute atomic E-state index is 0.115. The van der Waals surface area contributed by atoms with Gasteiger partial charge in [0.05, 0.1) is 12.7 Å². The summed E-state index contributed by atoms with van der Waals surface area (Å²) in [4.78, 5) is 28.3. The number of hydrogen-bond donors (Lipinski definition) is 1. The first-order valence-corrected chi connectivity index (χ1v) is 7.77. The molecule has 1 spiro atoms. The van der Waals surface area contributed by atoms with E-state index in [-0.39, 0.29) is 5.91 Å². The first-order chi connectivity index (χ1) is 10.7. The van der Waals surface area contributed by atoms with Crippen molar-refractivity contribution in [1.82, 2.24) is 15.3 Å². The number of aromatic nitrogens is 2. The van der Waals surface area contributed by atoms with Crippen LogP contribution in [0.15, 0.2) is 23.7 Å². The smallest absolute Gasteiger partial charge is 0.269 e. The second-order valence-electron chi connectivity index (χ2n) is 5.83. The van der Waals surface area contributed by atoms with Crippen molar-refractivity contribution in [2.24, 2.45) is 5.16 Å². The molecule has 0 bridgehead atoms. The Morgan fingerprint density at radius 2 is 2.41 bits per heavy atom. The van der Waals surface area contributed by atoms with Gasteiger partial charge in [0.1, 0.15) is 11.5 Å². The average molecular weight is 303 g/mol. The van der Waals surface area contributed by atoms with Gasteiger partial charge in [0, 0.05) is 31.9 Å². The SMILES string of the molecule is CCCNC(=O)C1=NO[C@]2(CCCN(c3cnccn3)C2)C1. The summed E-state index contributed by atoms with van der Waals surface area (Å²) in [5.41, 5.74) is 0.0868. The van der Waals surface area contributed by atoms with E-state index >= 15 is 0 Å². The van der Waals surface area contributed by atoms with Gasteiger partial charge in [-0.05, 0) is 19.3 Å². The lowest BCUT2D eigenvalue weighted by Gasteiger charge is -2.38. The maximum atomic E-state index is 12.0. The summed E-state index contributed by atoms with van der Waals surface area (Å²) >= 11 is 0. The van der Waals surface area contributed by atoms with Crippen LogP contribution in [0.25, 0.3) is 0 Å². The molecule has 22 heavy (non-hydrogen) atoms. The summed E-state index contributed by atoms with van der Waals surface area (Å²) in [5.74, 6) is 0.726. The van der Waals surface area contributed by atoms with Gasteiger partial charge in [-0.1, -0.05) is 12.1 Å². The molecule has 2 aliphatic rings. The summed E-state index contributed by atoms with van der Waals surface area (Å²) in [5, 5.41) is 6.89. The summed E-state index contributed by atoms with van der Waals surface area (Å²) < 4.78 is 0. The van der Waals surface area contributed by atoms with Crippen molar-refractivity contribution in [2.75, 3.05) is 24.5 Å². The highest BCUT2D eigenvalue weighted by atomic mass is 16.7. The molecule has 3 rings (SSSR count). The Balaban J connectivity index is 1.64. The second kappa shape index (κ2) is 6.29. The Morgan fingerprint density at radius 3 is 3.18 bits per heavy atom. The topological polar surface area (TPSA) is 79.7 Å². The predicted molar refractivity (Wildman–Crippen MR) is 82.6 cm³/mol. The average Bonchev–Trinajstić information content (AvgIpc) is 2.97. The van der Waals surface area contributed by atoms with Gasteiger partial charge in [0.15, 0.2) is 5.60 Å². The molecule has 1 N–H and O–H groups in total. The molecule has 0 aliphatic carbocycles. The highest BCUT2D eigenvalue weighted by Gasteiger charge is 2.44.